The molecule has 0 fully saturated rings. The van der Waals surface area contributed by atoms with E-state index < -0.39 is 11.6 Å². The summed E-state index contributed by atoms with van der Waals surface area (Å²) in [5.74, 6) is -1.15. The zero-order chi connectivity index (χ0) is 20.2. The maximum absolute atomic E-state index is 13.8. The first kappa shape index (κ1) is 18.9. The van der Waals surface area contributed by atoms with Gasteiger partial charge in [-0.2, -0.15) is 0 Å². The van der Waals surface area contributed by atoms with Crippen LogP contribution in [-0.4, -0.2) is 15.9 Å². The van der Waals surface area contributed by atoms with Crippen LogP contribution in [0.1, 0.15) is 12.3 Å². The Balaban J connectivity index is 1.35. The quantitative estimate of drug-likeness (QED) is 0.467. The predicted molar refractivity (Wildman–Crippen MR) is 106 cm³/mol. The molecule has 5 nitrogen and oxygen atoms in total. The molecule has 29 heavy (non-hydrogen) atoms. The van der Waals surface area contributed by atoms with Crippen molar-refractivity contribution in [3.05, 3.63) is 77.6 Å². The van der Waals surface area contributed by atoms with Crippen molar-refractivity contribution in [2.45, 2.75) is 12.8 Å². The number of aryl methyl sites for hydroxylation is 1. The molecule has 146 valence electrons. The molecule has 0 aliphatic heterocycles. The Kier molecular flexibility index (Phi) is 5.44. The molecule has 0 spiro atoms. The van der Waals surface area contributed by atoms with E-state index in [0.29, 0.717) is 11.0 Å². The highest BCUT2D eigenvalue weighted by Gasteiger charge is 2.14. The van der Waals surface area contributed by atoms with Crippen molar-refractivity contribution in [1.29, 1.82) is 0 Å². The first-order valence-electron chi connectivity index (χ1n) is 8.79. The van der Waals surface area contributed by atoms with E-state index >= 15 is 0 Å². The van der Waals surface area contributed by atoms with Gasteiger partial charge in [0.1, 0.15) is 11.6 Å². The van der Waals surface area contributed by atoms with Crippen LogP contribution < -0.4 is 5.32 Å². The Hall–Kier alpha value is -3.39. The largest absolute Gasteiger partial charge is 0.441 e. The first-order valence-corrected chi connectivity index (χ1v) is 9.67. The molecule has 0 bridgehead atoms. The van der Waals surface area contributed by atoms with Crippen LogP contribution in [0.15, 0.2) is 64.5 Å². The average molecular weight is 411 g/mol. The Morgan fingerprint density at radius 1 is 1.14 bits per heavy atom. The lowest BCUT2D eigenvalue weighted by Crippen LogP contribution is -2.12. The van der Waals surface area contributed by atoms with Gasteiger partial charge in [-0.05, 0) is 12.1 Å². The molecule has 8 heteroatoms. The van der Waals surface area contributed by atoms with E-state index in [1.807, 2.05) is 35.7 Å². The third-order valence-corrected chi connectivity index (χ3v) is 4.89. The number of hydrogen-bond acceptors (Lipinski definition) is 5. The molecule has 0 unspecified atom stereocenters. The molecule has 0 saturated carbocycles. The Morgan fingerprint density at radius 2 is 1.97 bits per heavy atom. The lowest BCUT2D eigenvalue weighted by Gasteiger charge is -2.01. The highest BCUT2D eigenvalue weighted by Crippen LogP contribution is 2.26. The minimum absolute atomic E-state index is 0.117. The maximum atomic E-state index is 13.8. The number of carbonyl (C=O) groups excluding carboxylic acids is 1. The summed E-state index contributed by atoms with van der Waals surface area (Å²) in [5.41, 5.74) is 1.89. The molecule has 0 saturated heterocycles. The number of anilines is 1. The number of aromatic nitrogens is 2. The first-order chi connectivity index (χ1) is 14.1. The van der Waals surface area contributed by atoms with Gasteiger partial charge in [0.2, 0.25) is 5.91 Å². The fourth-order valence-corrected chi connectivity index (χ4v) is 3.45. The smallest absolute Gasteiger partial charge is 0.226 e. The van der Waals surface area contributed by atoms with Crippen molar-refractivity contribution in [2.24, 2.45) is 0 Å². The molecule has 2 aromatic carbocycles. The summed E-state index contributed by atoms with van der Waals surface area (Å²) in [6, 6.07) is 12.9. The van der Waals surface area contributed by atoms with Crippen LogP contribution in [0.5, 0.6) is 0 Å². The van der Waals surface area contributed by atoms with E-state index in [1.54, 1.807) is 0 Å². The number of carbonyl (C=O) groups is 1. The summed E-state index contributed by atoms with van der Waals surface area (Å²) in [4.78, 5) is 20.7. The van der Waals surface area contributed by atoms with E-state index in [4.69, 9.17) is 4.42 Å². The van der Waals surface area contributed by atoms with Gasteiger partial charge in [0.15, 0.2) is 16.8 Å². The average Bonchev–Trinajstić information content (AvgIpc) is 3.37. The topological polar surface area (TPSA) is 68.0 Å². The molecule has 1 amide bonds. The molecule has 0 aliphatic carbocycles. The molecule has 4 rings (SSSR count). The summed E-state index contributed by atoms with van der Waals surface area (Å²) < 4.78 is 32.3. The number of nitrogens with one attached hydrogen (secondary N) is 1. The normalized spacial score (nSPS) is 10.8. The van der Waals surface area contributed by atoms with Gasteiger partial charge in [-0.3, -0.25) is 4.79 Å². The van der Waals surface area contributed by atoms with Crippen LogP contribution >= 0.6 is 11.3 Å². The lowest BCUT2D eigenvalue weighted by atomic mass is 10.2. The van der Waals surface area contributed by atoms with Gasteiger partial charge in [0, 0.05) is 29.9 Å². The van der Waals surface area contributed by atoms with E-state index in [9.17, 15) is 13.6 Å². The second kappa shape index (κ2) is 8.32. The van der Waals surface area contributed by atoms with Crippen molar-refractivity contribution in [2.75, 3.05) is 5.32 Å². The molecule has 0 aliphatic rings. The lowest BCUT2D eigenvalue weighted by molar-refractivity contribution is -0.116. The van der Waals surface area contributed by atoms with E-state index in [-0.39, 0.29) is 30.1 Å². The van der Waals surface area contributed by atoms with Crippen LogP contribution in [0.2, 0.25) is 0 Å². The standard InChI is InChI=1S/C21H15F2N3O2S/c22-14-6-7-15(16(23)10-14)18-11-24-20(28-18)9-8-19(27)26-21-25-17(12-29-21)13-4-2-1-3-5-13/h1-7,10-12H,8-9H2,(H,25,26,27). The fourth-order valence-electron chi connectivity index (χ4n) is 2.71. The minimum atomic E-state index is -0.733. The van der Waals surface area contributed by atoms with Gasteiger partial charge in [0.25, 0.3) is 0 Å². The summed E-state index contributed by atoms with van der Waals surface area (Å²) in [6.07, 6.45) is 1.73. The second-order valence-electron chi connectivity index (χ2n) is 6.19. The predicted octanol–water partition coefficient (Wildman–Crippen LogP) is 5.31. The van der Waals surface area contributed by atoms with Gasteiger partial charge < -0.3 is 9.73 Å². The van der Waals surface area contributed by atoms with Gasteiger partial charge in [-0.15, -0.1) is 11.3 Å². The summed E-state index contributed by atoms with van der Waals surface area (Å²) in [5, 5.41) is 5.14. The zero-order valence-corrected chi connectivity index (χ0v) is 15.9. The van der Waals surface area contributed by atoms with Crippen LogP contribution in [0, 0.1) is 11.6 Å². The van der Waals surface area contributed by atoms with Crippen molar-refractivity contribution < 1.29 is 18.0 Å². The fraction of sp³-hybridized carbons (Fsp3) is 0.0952. The highest BCUT2D eigenvalue weighted by molar-refractivity contribution is 7.14. The number of rotatable bonds is 6. The van der Waals surface area contributed by atoms with Crippen molar-refractivity contribution >= 4 is 22.4 Å². The van der Waals surface area contributed by atoms with Crippen LogP contribution in [0.25, 0.3) is 22.6 Å². The highest BCUT2D eigenvalue weighted by atomic mass is 32.1. The monoisotopic (exact) mass is 411 g/mol. The zero-order valence-electron chi connectivity index (χ0n) is 15.1. The summed E-state index contributed by atoms with van der Waals surface area (Å²) in [7, 11) is 0. The number of benzene rings is 2. The third-order valence-electron chi connectivity index (χ3n) is 4.14. The number of oxazole rings is 1. The number of nitrogens with zero attached hydrogens (tertiary/aromatic N) is 2. The summed E-state index contributed by atoms with van der Waals surface area (Å²) >= 11 is 1.34. The minimum Gasteiger partial charge on any atom is -0.441 e. The van der Waals surface area contributed by atoms with Gasteiger partial charge in [0.05, 0.1) is 17.5 Å². The van der Waals surface area contributed by atoms with Gasteiger partial charge in [-0.1, -0.05) is 30.3 Å². The molecule has 1 N–H and O–H groups in total. The van der Waals surface area contributed by atoms with Gasteiger partial charge in [-0.25, -0.2) is 18.7 Å². The molecule has 2 aromatic heterocycles. The molecule has 4 aromatic rings. The molecule has 2 heterocycles. The number of thiazole rings is 1. The third kappa shape index (κ3) is 4.55. The molecular weight excluding hydrogens is 396 g/mol. The molecule has 0 radical (unpaired) electrons. The van der Waals surface area contributed by atoms with E-state index in [1.165, 1.54) is 23.6 Å². The summed E-state index contributed by atoms with van der Waals surface area (Å²) in [6.45, 7) is 0. The van der Waals surface area contributed by atoms with Gasteiger partial charge >= 0.3 is 0 Å². The van der Waals surface area contributed by atoms with Crippen LogP contribution in [0.4, 0.5) is 13.9 Å². The van der Waals surface area contributed by atoms with Crippen molar-refractivity contribution in [3.63, 3.8) is 0 Å². The molecular formula is C21H15F2N3O2S. The number of hydrogen-bond donors (Lipinski definition) is 1. The van der Waals surface area contributed by atoms with Crippen LogP contribution in [-0.2, 0) is 11.2 Å². The maximum Gasteiger partial charge on any atom is 0.226 e. The molecule has 0 atom stereocenters. The van der Waals surface area contributed by atoms with E-state index in [0.717, 1.165) is 23.4 Å². The SMILES string of the molecule is O=C(CCc1ncc(-c2ccc(F)cc2F)o1)Nc1nc(-c2ccccc2)cs1. The number of amides is 1. The Bertz CT molecular complexity index is 1140. The van der Waals surface area contributed by atoms with Crippen molar-refractivity contribution in [1.82, 2.24) is 9.97 Å². The van der Waals surface area contributed by atoms with Crippen molar-refractivity contribution in [3.8, 4) is 22.6 Å². The second-order valence-corrected chi connectivity index (χ2v) is 7.05. The Morgan fingerprint density at radius 3 is 2.76 bits per heavy atom. The number of halogens is 2. The Labute approximate surface area is 169 Å². The van der Waals surface area contributed by atoms with Crippen LogP contribution in [0.3, 0.4) is 0 Å². The van der Waals surface area contributed by atoms with E-state index in [2.05, 4.69) is 15.3 Å².